The predicted octanol–water partition coefficient (Wildman–Crippen LogP) is 1.48. The molecule has 0 spiro atoms. The highest BCUT2D eigenvalue weighted by Crippen LogP contribution is 2.04. The number of likely N-dealkylation sites (N-methyl/N-ethyl adjacent to an activating group) is 1. The molecule has 1 heterocycles. The maximum atomic E-state index is 4.39. The Balaban J connectivity index is 2.35. The van der Waals surface area contributed by atoms with Gasteiger partial charge in [-0.25, -0.2) is 4.98 Å². The van der Waals surface area contributed by atoms with Gasteiger partial charge in [-0.1, -0.05) is 0 Å². The largest absolute Gasteiger partial charge is 0.354 e. The van der Waals surface area contributed by atoms with Crippen molar-refractivity contribution in [3.8, 4) is 0 Å². The highest BCUT2D eigenvalue weighted by Gasteiger charge is 2.04. The summed E-state index contributed by atoms with van der Waals surface area (Å²) in [6.45, 7) is 8.36. The van der Waals surface area contributed by atoms with E-state index in [0.717, 1.165) is 24.7 Å². The highest BCUT2D eigenvalue weighted by molar-refractivity contribution is 5.27. The molecule has 0 aliphatic heterocycles. The fourth-order valence-corrected chi connectivity index (χ4v) is 1.38. The Labute approximate surface area is 92.3 Å². The van der Waals surface area contributed by atoms with Crippen LogP contribution in [-0.4, -0.2) is 40.6 Å². The van der Waals surface area contributed by atoms with Gasteiger partial charge in [-0.3, -0.25) is 0 Å². The Morgan fingerprint density at radius 2 is 2.20 bits per heavy atom. The second-order valence-corrected chi connectivity index (χ2v) is 4.32. The van der Waals surface area contributed by atoms with E-state index >= 15 is 0 Å². The maximum absolute atomic E-state index is 4.39. The van der Waals surface area contributed by atoms with Gasteiger partial charge in [-0.15, -0.1) is 0 Å². The zero-order valence-electron chi connectivity index (χ0n) is 10.4. The molecule has 1 aromatic rings. The summed E-state index contributed by atoms with van der Waals surface area (Å²) in [5, 5.41) is 3.33. The van der Waals surface area contributed by atoms with Crippen molar-refractivity contribution >= 4 is 5.95 Å². The molecule has 15 heavy (non-hydrogen) atoms. The van der Waals surface area contributed by atoms with E-state index in [9.17, 15) is 0 Å². The Morgan fingerprint density at radius 1 is 1.53 bits per heavy atom. The van der Waals surface area contributed by atoms with Crippen molar-refractivity contribution in [2.75, 3.05) is 25.5 Å². The smallest absolute Gasteiger partial charge is 0.202 e. The number of nitrogens with zero attached hydrogens (tertiary/aromatic N) is 3. The topological polar surface area (TPSA) is 33.1 Å². The van der Waals surface area contributed by atoms with E-state index in [0.29, 0.717) is 6.04 Å². The zero-order chi connectivity index (χ0) is 11.4. The van der Waals surface area contributed by atoms with E-state index in [1.165, 1.54) is 0 Å². The number of hydrogen-bond acceptors (Lipinski definition) is 3. The van der Waals surface area contributed by atoms with E-state index < -0.39 is 0 Å². The van der Waals surface area contributed by atoms with Gasteiger partial charge < -0.3 is 14.8 Å². The predicted molar refractivity (Wildman–Crippen MR) is 64.2 cm³/mol. The molecular weight excluding hydrogens is 188 g/mol. The summed E-state index contributed by atoms with van der Waals surface area (Å²) in [5.41, 5.74) is 1.05. The molecule has 0 atom stereocenters. The molecule has 1 N–H and O–H groups in total. The summed E-state index contributed by atoms with van der Waals surface area (Å²) in [7, 11) is 4.14. The molecule has 0 aromatic carbocycles. The van der Waals surface area contributed by atoms with Crippen LogP contribution >= 0.6 is 0 Å². The normalized spacial score (nSPS) is 11.4. The van der Waals surface area contributed by atoms with E-state index in [-0.39, 0.29) is 0 Å². The molecule has 0 saturated heterocycles. The molecule has 0 fully saturated rings. The molecule has 4 nitrogen and oxygen atoms in total. The molecule has 0 saturated carbocycles. The molecule has 1 aromatic heterocycles. The third-order valence-electron chi connectivity index (χ3n) is 2.63. The van der Waals surface area contributed by atoms with Crippen molar-refractivity contribution in [1.82, 2.24) is 14.5 Å². The minimum absolute atomic E-state index is 0.593. The molecule has 4 heteroatoms. The summed E-state index contributed by atoms with van der Waals surface area (Å²) in [6.07, 6.45) is 2.02. The quantitative estimate of drug-likeness (QED) is 0.799. The first-order chi connectivity index (χ1) is 7.00. The number of aromatic nitrogens is 2. The van der Waals surface area contributed by atoms with Crippen LogP contribution < -0.4 is 5.32 Å². The standard InChI is InChI=1S/C11H22N4/c1-9(2)14(4)7-6-12-11-13-10(3)8-15(11)5/h8-9H,6-7H2,1-5H3,(H,12,13). The van der Waals surface area contributed by atoms with Crippen molar-refractivity contribution < 1.29 is 0 Å². The number of rotatable bonds is 5. The number of aryl methyl sites for hydroxylation is 2. The second-order valence-electron chi connectivity index (χ2n) is 4.32. The molecule has 1 rings (SSSR count). The maximum Gasteiger partial charge on any atom is 0.202 e. The van der Waals surface area contributed by atoms with Crippen molar-refractivity contribution in [1.29, 1.82) is 0 Å². The lowest BCUT2D eigenvalue weighted by Crippen LogP contribution is -2.31. The summed E-state index contributed by atoms with van der Waals surface area (Å²) < 4.78 is 2.02. The van der Waals surface area contributed by atoms with Crippen molar-refractivity contribution in [2.24, 2.45) is 7.05 Å². The van der Waals surface area contributed by atoms with Gasteiger partial charge in [-0.2, -0.15) is 0 Å². The number of anilines is 1. The summed E-state index contributed by atoms with van der Waals surface area (Å²) >= 11 is 0. The van der Waals surface area contributed by atoms with Crippen molar-refractivity contribution in [3.05, 3.63) is 11.9 Å². The minimum atomic E-state index is 0.593. The number of nitrogens with one attached hydrogen (secondary N) is 1. The van der Waals surface area contributed by atoms with Gasteiger partial charge >= 0.3 is 0 Å². The van der Waals surface area contributed by atoms with Crippen LogP contribution in [0, 0.1) is 6.92 Å². The monoisotopic (exact) mass is 210 g/mol. The fourth-order valence-electron chi connectivity index (χ4n) is 1.38. The Hall–Kier alpha value is -1.03. The lowest BCUT2D eigenvalue weighted by Gasteiger charge is -2.20. The molecule has 0 amide bonds. The van der Waals surface area contributed by atoms with Crippen LogP contribution in [0.25, 0.3) is 0 Å². The molecule has 0 radical (unpaired) electrons. The van der Waals surface area contributed by atoms with Gasteiger partial charge in [0.2, 0.25) is 5.95 Å². The third-order valence-corrected chi connectivity index (χ3v) is 2.63. The number of hydrogen-bond donors (Lipinski definition) is 1. The van der Waals surface area contributed by atoms with Gasteiger partial charge in [0.05, 0.1) is 5.69 Å². The lowest BCUT2D eigenvalue weighted by atomic mass is 10.3. The van der Waals surface area contributed by atoms with Crippen molar-refractivity contribution in [2.45, 2.75) is 26.8 Å². The molecular formula is C11H22N4. The Bertz CT molecular complexity index is 304. The van der Waals surface area contributed by atoms with Gasteiger partial charge in [-0.05, 0) is 27.8 Å². The molecule has 0 unspecified atom stereocenters. The SMILES string of the molecule is Cc1cn(C)c(NCCN(C)C(C)C)n1. The highest BCUT2D eigenvalue weighted by atomic mass is 15.2. The average molecular weight is 210 g/mol. The number of imidazole rings is 1. The minimum Gasteiger partial charge on any atom is -0.354 e. The first kappa shape index (κ1) is 12.0. The Morgan fingerprint density at radius 3 is 2.67 bits per heavy atom. The molecule has 0 aliphatic carbocycles. The average Bonchev–Trinajstić information content (AvgIpc) is 2.45. The van der Waals surface area contributed by atoms with Gasteiger partial charge in [0.15, 0.2) is 0 Å². The first-order valence-corrected chi connectivity index (χ1v) is 5.44. The van der Waals surface area contributed by atoms with Crippen LogP contribution in [0.2, 0.25) is 0 Å². The van der Waals surface area contributed by atoms with Crippen LogP contribution in [0.5, 0.6) is 0 Å². The Kier molecular flexibility index (Phi) is 4.15. The van der Waals surface area contributed by atoms with Crippen LogP contribution in [0.1, 0.15) is 19.5 Å². The molecule has 0 aliphatic rings. The van der Waals surface area contributed by atoms with Gasteiger partial charge in [0.25, 0.3) is 0 Å². The summed E-state index contributed by atoms with van der Waals surface area (Å²) in [5.74, 6) is 0.949. The molecule has 0 bridgehead atoms. The van der Waals surface area contributed by atoms with E-state index in [1.807, 2.05) is 24.7 Å². The van der Waals surface area contributed by atoms with Gasteiger partial charge in [0.1, 0.15) is 0 Å². The zero-order valence-corrected chi connectivity index (χ0v) is 10.4. The van der Waals surface area contributed by atoms with Crippen LogP contribution in [-0.2, 0) is 7.05 Å². The van der Waals surface area contributed by atoms with Crippen LogP contribution in [0.3, 0.4) is 0 Å². The van der Waals surface area contributed by atoms with E-state index in [1.54, 1.807) is 0 Å². The first-order valence-electron chi connectivity index (χ1n) is 5.44. The second kappa shape index (κ2) is 5.16. The molecule has 86 valence electrons. The van der Waals surface area contributed by atoms with Crippen LogP contribution in [0.4, 0.5) is 5.95 Å². The van der Waals surface area contributed by atoms with Gasteiger partial charge in [0, 0.05) is 32.4 Å². The van der Waals surface area contributed by atoms with Crippen molar-refractivity contribution in [3.63, 3.8) is 0 Å². The summed E-state index contributed by atoms with van der Waals surface area (Å²) in [6, 6.07) is 0.593. The van der Waals surface area contributed by atoms with Crippen LogP contribution in [0.15, 0.2) is 6.20 Å². The third kappa shape index (κ3) is 3.55. The van der Waals surface area contributed by atoms with E-state index in [2.05, 4.69) is 36.1 Å². The van der Waals surface area contributed by atoms with E-state index in [4.69, 9.17) is 0 Å². The fraction of sp³-hybridized carbons (Fsp3) is 0.727. The summed E-state index contributed by atoms with van der Waals surface area (Å²) in [4.78, 5) is 6.69. The lowest BCUT2D eigenvalue weighted by molar-refractivity contribution is 0.284.